The molecular weight excluding hydrogens is 282 g/mol. The molecule has 2 N–H and O–H groups in total. The Kier molecular flexibility index (Phi) is 3.94. The van der Waals surface area contributed by atoms with E-state index in [4.69, 9.17) is 4.74 Å². The van der Waals surface area contributed by atoms with Crippen molar-refractivity contribution in [3.8, 4) is 5.75 Å². The van der Waals surface area contributed by atoms with Crippen LogP contribution < -0.4 is 10.1 Å². The van der Waals surface area contributed by atoms with E-state index in [1.807, 2.05) is 18.2 Å². The topological polar surface area (TPSA) is 41.5 Å². The monoisotopic (exact) mass is 299 g/mol. The van der Waals surface area contributed by atoms with E-state index in [1.165, 1.54) is 0 Å². The molecule has 4 heteroatoms. The average molecular weight is 300 g/mol. The molecule has 1 aromatic carbocycles. The summed E-state index contributed by atoms with van der Waals surface area (Å²) in [5.74, 6) is 0.815. The first-order chi connectivity index (χ1) is 8.13. The minimum atomic E-state index is -0.521. The van der Waals surface area contributed by atoms with Gasteiger partial charge in [0.15, 0.2) is 0 Å². The molecule has 0 atom stereocenters. The van der Waals surface area contributed by atoms with Gasteiger partial charge >= 0.3 is 0 Å². The Morgan fingerprint density at radius 3 is 2.71 bits per heavy atom. The molecular formula is C13H18BrNO2. The first-order valence-electron chi connectivity index (χ1n) is 5.93. The van der Waals surface area contributed by atoms with Crippen LogP contribution in [0.3, 0.4) is 0 Å². The normalized spacial score (nSPS) is 18.1. The van der Waals surface area contributed by atoms with E-state index >= 15 is 0 Å². The summed E-state index contributed by atoms with van der Waals surface area (Å²) in [6.45, 7) is 0.617. The highest BCUT2D eigenvalue weighted by Crippen LogP contribution is 2.31. The van der Waals surface area contributed by atoms with Crippen LogP contribution >= 0.6 is 15.9 Å². The lowest BCUT2D eigenvalue weighted by Gasteiger charge is -2.23. The molecule has 1 saturated carbocycles. The highest BCUT2D eigenvalue weighted by molar-refractivity contribution is 9.10. The molecule has 1 aliphatic carbocycles. The van der Waals surface area contributed by atoms with Gasteiger partial charge in [-0.05, 0) is 47.0 Å². The number of benzene rings is 1. The maximum absolute atomic E-state index is 10.2. The van der Waals surface area contributed by atoms with Crippen molar-refractivity contribution in [2.75, 3.05) is 19.0 Å². The van der Waals surface area contributed by atoms with Crippen LogP contribution in [0.5, 0.6) is 5.75 Å². The van der Waals surface area contributed by atoms with Crippen LogP contribution in [0.2, 0.25) is 0 Å². The van der Waals surface area contributed by atoms with Crippen molar-refractivity contribution in [3.63, 3.8) is 0 Å². The van der Waals surface area contributed by atoms with Gasteiger partial charge in [0, 0.05) is 12.2 Å². The summed E-state index contributed by atoms with van der Waals surface area (Å²) >= 11 is 3.45. The number of methoxy groups -OCH3 is 1. The Morgan fingerprint density at radius 2 is 2.12 bits per heavy atom. The number of aliphatic hydroxyl groups is 1. The van der Waals surface area contributed by atoms with E-state index in [9.17, 15) is 5.11 Å². The van der Waals surface area contributed by atoms with E-state index in [-0.39, 0.29) is 0 Å². The molecule has 1 aromatic rings. The molecule has 2 rings (SSSR count). The Balaban J connectivity index is 1.97. The van der Waals surface area contributed by atoms with Crippen molar-refractivity contribution in [2.45, 2.75) is 31.3 Å². The van der Waals surface area contributed by atoms with Gasteiger partial charge in [0.25, 0.3) is 0 Å². The lowest BCUT2D eigenvalue weighted by atomic mass is 10.0. The summed E-state index contributed by atoms with van der Waals surface area (Å²) in [6.07, 6.45) is 4.06. The lowest BCUT2D eigenvalue weighted by molar-refractivity contribution is 0.0615. The summed E-state index contributed by atoms with van der Waals surface area (Å²) in [5.41, 5.74) is 0.477. The molecule has 1 fully saturated rings. The number of hydrogen-bond acceptors (Lipinski definition) is 3. The second-order valence-corrected chi connectivity index (χ2v) is 5.49. The van der Waals surface area contributed by atoms with Crippen LogP contribution in [0, 0.1) is 0 Å². The zero-order valence-electron chi connectivity index (χ0n) is 10.0. The van der Waals surface area contributed by atoms with Gasteiger partial charge in [-0.1, -0.05) is 12.8 Å². The summed E-state index contributed by atoms with van der Waals surface area (Å²) in [5, 5.41) is 13.5. The van der Waals surface area contributed by atoms with Gasteiger partial charge in [0.2, 0.25) is 0 Å². The smallest absolute Gasteiger partial charge is 0.133 e. The number of hydrogen-bond donors (Lipinski definition) is 2. The highest BCUT2D eigenvalue weighted by atomic mass is 79.9. The number of anilines is 1. The molecule has 0 spiro atoms. The van der Waals surface area contributed by atoms with Gasteiger partial charge in [-0.15, -0.1) is 0 Å². The van der Waals surface area contributed by atoms with Crippen LogP contribution in [0.25, 0.3) is 0 Å². The summed E-state index contributed by atoms with van der Waals surface area (Å²) in [4.78, 5) is 0. The minimum Gasteiger partial charge on any atom is -0.496 e. The van der Waals surface area contributed by atoms with Gasteiger partial charge in [0.1, 0.15) is 5.75 Å². The zero-order valence-corrected chi connectivity index (χ0v) is 11.6. The van der Waals surface area contributed by atoms with Gasteiger partial charge in [-0.3, -0.25) is 0 Å². The second kappa shape index (κ2) is 5.27. The van der Waals surface area contributed by atoms with Crippen molar-refractivity contribution in [1.29, 1.82) is 0 Å². The number of rotatable bonds is 4. The van der Waals surface area contributed by atoms with Crippen molar-refractivity contribution in [3.05, 3.63) is 22.7 Å². The highest BCUT2D eigenvalue weighted by Gasteiger charge is 2.30. The average Bonchev–Trinajstić information content (AvgIpc) is 2.74. The largest absolute Gasteiger partial charge is 0.496 e. The Bertz CT molecular complexity index is 389. The van der Waals surface area contributed by atoms with Gasteiger partial charge in [-0.2, -0.15) is 0 Å². The third kappa shape index (κ3) is 3.13. The van der Waals surface area contributed by atoms with Gasteiger partial charge in [-0.25, -0.2) is 0 Å². The predicted octanol–water partition coefficient (Wildman–Crippen LogP) is 3.17. The van der Waals surface area contributed by atoms with Crippen molar-refractivity contribution in [1.82, 2.24) is 0 Å². The SMILES string of the molecule is COc1ccc(NCC2(O)CCCC2)cc1Br. The van der Waals surface area contributed by atoms with Gasteiger partial charge in [0.05, 0.1) is 17.2 Å². The fourth-order valence-electron chi connectivity index (χ4n) is 2.25. The van der Waals surface area contributed by atoms with Crippen molar-refractivity contribution in [2.24, 2.45) is 0 Å². The molecule has 0 unspecified atom stereocenters. The van der Waals surface area contributed by atoms with Crippen LogP contribution in [0.4, 0.5) is 5.69 Å². The fourth-order valence-corrected chi connectivity index (χ4v) is 2.79. The van der Waals surface area contributed by atoms with E-state index in [0.717, 1.165) is 41.6 Å². The van der Waals surface area contributed by atoms with Gasteiger partial charge < -0.3 is 15.2 Å². The molecule has 1 aliphatic rings. The molecule has 17 heavy (non-hydrogen) atoms. The van der Waals surface area contributed by atoms with E-state index < -0.39 is 5.60 Å². The molecule has 0 radical (unpaired) electrons. The number of halogens is 1. The van der Waals surface area contributed by atoms with Crippen LogP contribution in [0.1, 0.15) is 25.7 Å². The molecule has 94 valence electrons. The first-order valence-corrected chi connectivity index (χ1v) is 6.72. The number of nitrogens with one attached hydrogen (secondary N) is 1. The second-order valence-electron chi connectivity index (χ2n) is 4.63. The molecule has 0 bridgehead atoms. The maximum Gasteiger partial charge on any atom is 0.133 e. The molecule has 0 amide bonds. The lowest BCUT2D eigenvalue weighted by Crippen LogP contribution is -2.33. The molecule has 0 aromatic heterocycles. The van der Waals surface area contributed by atoms with Crippen molar-refractivity contribution >= 4 is 21.6 Å². The summed E-state index contributed by atoms with van der Waals surface area (Å²) < 4.78 is 6.09. The summed E-state index contributed by atoms with van der Waals surface area (Å²) in [7, 11) is 1.65. The fraction of sp³-hybridized carbons (Fsp3) is 0.538. The third-order valence-corrected chi connectivity index (χ3v) is 3.93. The van der Waals surface area contributed by atoms with Crippen LogP contribution in [0.15, 0.2) is 22.7 Å². The van der Waals surface area contributed by atoms with E-state index in [0.29, 0.717) is 6.54 Å². The Labute approximate surface area is 110 Å². The Hall–Kier alpha value is -0.740. The molecule has 0 aliphatic heterocycles. The van der Waals surface area contributed by atoms with Crippen LogP contribution in [-0.4, -0.2) is 24.4 Å². The molecule has 3 nitrogen and oxygen atoms in total. The minimum absolute atomic E-state index is 0.521. The molecule has 0 saturated heterocycles. The quantitative estimate of drug-likeness (QED) is 0.897. The Morgan fingerprint density at radius 1 is 1.41 bits per heavy atom. The van der Waals surface area contributed by atoms with Crippen molar-refractivity contribution < 1.29 is 9.84 Å². The van der Waals surface area contributed by atoms with E-state index in [2.05, 4.69) is 21.2 Å². The number of ether oxygens (including phenoxy) is 1. The predicted molar refractivity (Wildman–Crippen MR) is 72.6 cm³/mol. The summed E-state index contributed by atoms with van der Waals surface area (Å²) in [6, 6.07) is 5.84. The third-order valence-electron chi connectivity index (χ3n) is 3.31. The standard InChI is InChI=1S/C13H18BrNO2/c1-17-12-5-4-10(8-11(12)14)15-9-13(16)6-2-3-7-13/h4-5,8,15-16H,2-3,6-7,9H2,1H3. The van der Waals surface area contributed by atoms with Crippen LogP contribution in [-0.2, 0) is 0 Å². The first kappa shape index (κ1) is 12.7. The molecule has 0 heterocycles. The zero-order chi connectivity index (χ0) is 12.3. The van der Waals surface area contributed by atoms with E-state index in [1.54, 1.807) is 7.11 Å². The maximum atomic E-state index is 10.2.